The Kier molecular flexibility index (Phi) is 3.59. The maximum atomic E-state index is 13.3. The van der Waals surface area contributed by atoms with Crippen LogP contribution in [0.25, 0.3) is 0 Å². The number of imidazole rings is 1. The molecule has 96 valence electrons. The lowest BCUT2D eigenvalue weighted by Crippen LogP contribution is -2.31. The highest BCUT2D eigenvalue weighted by Gasteiger charge is 2.16. The highest BCUT2D eigenvalue weighted by molar-refractivity contribution is 5.48. The number of hydrogen-bond acceptors (Lipinski definition) is 4. The van der Waals surface area contributed by atoms with E-state index in [-0.39, 0.29) is 11.9 Å². The van der Waals surface area contributed by atoms with E-state index in [4.69, 9.17) is 11.6 Å². The van der Waals surface area contributed by atoms with E-state index in [9.17, 15) is 4.39 Å². The lowest BCUT2D eigenvalue weighted by molar-refractivity contribution is 0.526. The summed E-state index contributed by atoms with van der Waals surface area (Å²) in [4.78, 5) is 4.21. The minimum Gasteiger partial charge on any atom is -0.398 e. The SMILES string of the molecule is Cn1ccnc1CC(NN)c1cc(F)ccc1N. The number of nitrogen functional groups attached to an aromatic ring is 1. The first-order chi connectivity index (χ1) is 8.61. The molecule has 0 spiro atoms. The number of hydrazine groups is 1. The van der Waals surface area contributed by atoms with Crippen LogP contribution in [0.2, 0.25) is 0 Å². The van der Waals surface area contributed by atoms with Crippen molar-refractivity contribution in [3.8, 4) is 0 Å². The van der Waals surface area contributed by atoms with Crippen LogP contribution in [0.1, 0.15) is 17.4 Å². The predicted molar refractivity (Wildman–Crippen MR) is 67.8 cm³/mol. The first kappa shape index (κ1) is 12.5. The fourth-order valence-electron chi connectivity index (χ4n) is 1.88. The molecule has 0 saturated carbocycles. The van der Waals surface area contributed by atoms with Crippen molar-refractivity contribution in [3.63, 3.8) is 0 Å². The summed E-state index contributed by atoms with van der Waals surface area (Å²) in [5, 5.41) is 0. The third-order valence-corrected chi connectivity index (χ3v) is 2.93. The molecular weight excluding hydrogens is 233 g/mol. The minimum absolute atomic E-state index is 0.276. The Hall–Kier alpha value is -1.92. The Bertz CT molecular complexity index is 537. The van der Waals surface area contributed by atoms with Crippen LogP contribution < -0.4 is 17.0 Å². The van der Waals surface area contributed by atoms with Crippen LogP contribution in [0.3, 0.4) is 0 Å². The standard InChI is InChI=1S/C12H16FN5/c1-18-5-4-16-12(18)7-11(17-15)9-6-8(13)2-3-10(9)14/h2-6,11,17H,7,14-15H2,1H3. The molecule has 0 fully saturated rings. The van der Waals surface area contributed by atoms with Gasteiger partial charge in [0, 0.05) is 31.5 Å². The van der Waals surface area contributed by atoms with Crippen LogP contribution >= 0.6 is 0 Å². The topological polar surface area (TPSA) is 81.9 Å². The second-order valence-corrected chi connectivity index (χ2v) is 4.15. The first-order valence-corrected chi connectivity index (χ1v) is 5.59. The Balaban J connectivity index is 2.28. The monoisotopic (exact) mass is 249 g/mol. The summed E-state index contributed by atoms with van der Waals surface area (Å²) in [6.07, 6.45) is 4.09. The highest BCUT2D eigenvalue weighted by Crippen LogP contribution is 2.23. The Morgan fingerprint density at radius 3 is 2.89 bits per heavy atom. The molecule has 0 saturated heterocycles. The number of benzene rings is 1. The molecule has 6 heteroatoms. The molecule has 0 bridgehead atoms. The second-order valence-electron chi connectivity index (χ2n) is 4.15. The molecule has 0 aliphatic rings. The van der Waals surface area contributed by atoms with Gasteiger partial charge in [0.2, 0.25) is 0 Å². The minimum atomic E-state index is -0.334. The van der Waals surface area contributed by atoms with Gasteiger partial charge in [-0.2, -0.15) is 0 Å². The number of halogens is 1. The maximum Gasteiger partial charge on any atom is 0.123 e. The van der Waals surface area contributed by atoms with Gasteiger partial charge in [-0.25, -0.2) is 9.37 Å². The van der Waals surface area contributed by atoms with Gasteiger partial charge in [-0.1, -0.05) is 0 Å². The molecule has 1 unspecified atom stereocenters. The third kappa shape index (κ3) is 2.49. The van der Waals surface area contributed by atoms with E-state index < -0.39 is 0 Å². The van der Waals surface area contributed by atoms with E-state index in [0.717, 1.165) is 5.82 Å². The fourth-order valence-corrected chi connectivity index (χ4v) is 1.88. The van der Waals surface area contributed by atoms with Crippen molar-refractivity contribution in [2.24, 2.45) is 12.9 Å². The number of hydrogen-bond donors (Lipinski definition) is 3. The van der Waals surface area contributed by atoms with Crippen molar-refractivity contribution in [2.45, 2.75) is 12.5 Å². The summed E-state index contributed by atoms with van der Waals surface area (Å²) in [7, 11) is 1.89. The third-order valence-electron chi connectivity index (χ3n) is 2.93. The molecule has 1 atom stereocenters. The van der Waals surface area contributed by atoms with E-state index in [0.29, 0.717) is 17.7 Å². The average Bonchev–Trinajstić information content (AvgIpc) is 2.75. The van der Waals surface area contributed by atoms with Gasteiger partial charge in [0.15, 0.2) is 0 Å². The summed E-state index contributed by atoms with van der Waals surface area (Å²) < 4.78 is 15.1. The number of nitrogens with zero attached hydrogens (tertiary/aromatic N) is 2. The van der Waals surface area contributed by atoms with Crippen LogP contribution in [0.15, 0.2) is 30.6 Å². The largest absolute Gasteiger partial charge is 0.398 e. The fraction of sp³-hybridized carbons (Fsp3) is 0.250. The second kappa shape index (κ2) is 5.16. The van der Waals surface area contributed by atoms with Crippen molar-refractivity contribution in [1.29, 1.82) is 0 Å². The van der Waals surface area contributed by atoms with E-state index in [1.54, 1.807) is 6.20 Å². The van der Waals surface area contributed by atoms with E-state index >= 15 is 0 Å². The summed E-state index contributed by atoms with van der Waals surface area (Å²) in [6.45, 7) is 0. The number of rotatable bonds is 4. The van der Waals surface area contributed by atoms with Gasteiger partial charge in [0.05, 0.1) is 6.04 Å². The smallest absolute Gasteiger partial charge is 0.123 e. The molecule has 2 aromatic rings. The van der Waals surface area contributed by atoms with Gasteiger partial charge in [-0.15, -0.1) is 0 Å². The molecule has 18 heavy (non-hydrogen) atoms. The molecule has 5 N–H and O–H groups in total. The zero-order chi connectivity index (χ0) is 13.1. The molecule has 1 heterocycles. The van der Waals surface area contributed by atoms with Crippen molar-refractivity contribution < 1.29 is 4.39 Å². The van der Waals surface area contributed by atoms with Crippen molar-refractivity contribution >= 4 is 5.69 Å². The lowest BCUT2D eigenvalue weighted by atomic mass is 10.0. The zero-order valence-corrected chi connectivity index (χ0v) is 10.1. The quantitative estimate of drug-likeness (QED) is 0.427. The van der Waals surface area contributed by atoms with Gasteiger partial charge in [-0.3, -0.25) is 11.3 Å². The van der Waals surface area contributed by atoms with E-state index in [1.165, 1.54) is 18.2 Å². The van der Waals surface area contributed by atoms with Gasteiger partial charge in [0.25, 0.3) is 0 Å². The summed E-state index contributed by atoms with van der Waals surface area (Å²) in [5.41, 5.74) is 9.64. The Morgan fingerprint density at radius 2 is 2.28 bits per heavy atom. The number of nitrogens with one attached hydrogen (secondary N) is 1. The highest BCUT2D eigenvalue weighted by atomic mass is 19.1. The Labute approximate surface area is 105 Å². The van der Waals surface area contributed by atoms with Crippen LogP contribution in [-0.4, -0.2) is 9.55 Å². The van der Waals surface area contributed by atoms with Crippen LogP contribution in [0.5, 0.6) is 0 Å². The number of nitrogens with two attached hydrogens (primary N) is 2. The summed E-state index contributed by atoms with van der Waals surface area (Å²) >= 11 is 0. The van der Waals surface area contributed by atoms with Gasteiger partial charge >= 0.3 is 0 Å². The van der Waals surface area contributed by atoms with Crippen molar-refractivity contribution in [1.82, 2.24) is 15.0 Å². The molecule has 1 aromatic heterocycles. The number of aromatic nitrogens is 2. The first-order valence-electron chi connectivity index (χ1n) is 5.59. The molecule has 5 nitrogen and oxygen atoms in total. The molecular formula is C12H16FN5. The normalized spacial score (nSPS) is 12.6. The average molecular weight is 249 g/mol. The molecule has 2 rings (SSSR count). The van der Waals surface area contributed by atoms with Crippen LogP contribution in [0, 0.1) is 5.82 Å². The Morgan fingerprint density at radius 1 is 1.50 bits per heavy atom. The van der Waals surface area contributed by atoms with E-state index in [2.05, 4.69) is 10.4 Å². The molecule has 0 aliphatic carbocycles. The molecule has 0 radical (unpaired) electrons. The lowest BCUT2D eigenvalue weighted by Gasteiger charge is -2.18. The van der Waals surface area contributed by atoms with Crippen LogP contribution in [-0.2, 0) is 13.5 Å². The molecule has 0 amide bonds. The predicted octanol–water partition coefficient (Wildman–Crippen LogP) is 0.889. The van der Waals surface area contributed by atoms with Crippen molar-refractivity contribution in [3.05, 3.63) is 47.8 Å². The summed E-state index contributed by atoms with van der Waals surface area (Å²) in [5.74, 6) is 6.04. The maximum absolute atomic E-state index is 13.3. The number of aryl methyl sites for hydroxylation is 1. The molecule has 0 aliphatic heterocycles. The zero-order valence-electron chi connectivity index (χ0n) is 10.1. The number of anilines is 1. The van der Waals surface area contributed by atoms with Gasteiger partial charge < -0.3 is 10.3 Å². The molecule has 1 aromatic carbocycles. The van der Waals surface area contributed by atoms with E-state index in [1.807, 2.05) is 17.8 Å². The van der Waals surface area contributed by atoms with Gasteiger partial charge in [0.1, 0.15) is 11.6 Å². The van der Waals surface area contributed by atoms with Crippen molar-refractivity contribution in [2.75, 3.05) is 5.73 Å². The van der Waals surface area contributed by atoms with Gasteiger partial charge in [-0.05, 0) is 23.8 Å². The van der Waals surface area contributed by atoms with Crippen LogP contribution in [0.4, 0.5) is 10.1 Å². The summed E-state index contributed by atoms with van der Waals surface area (Å²) in [6, 6.07) is 3.98.